The van der Waals surface area contributed by atoms with Crippen LogP contribution in [0.4, 0.5) is 5.13 Å². The lowest BCUT2D eigenvalue weighted by atomic mass is 9.91. The predicted octanol–water partition coefficient (Wildman–Crippen LogP) is 3.67. The normalized spacial score (nSPS) is 17.1. The lowest BCUT2D eigenvalue weighted by molar-refractivity contribution is 0.561. The number of hydrogen-bond donors (Lipinski definition) is 1. The van der Waals surface area contributed by atoms with Crippen LogP contribution in [0.3, 0.4) is 0 Å². The first-order valence-corrected chi connectivity index (χ1v) is 8.26. The zero-order valence-electron chi connectivity index (χ0n) is 12.7. The molecule has 0 radical (unpaired) electrons. The fourth-order valence-corrected chi connectivity index (χ4v) is 4.24. The van der Waals surface area contributed by atoms with Gasteiger partial charge in [0.2, 0.25) is 0 Å². The number of nitrogens with two attached hydrogens (primary N) is 1. The van der Waals surface area contributed by atoms with Crippen LogP contribution < -0.4 is 10.6 Å². The summed E-state index contributed by atoms with van der Waals surface area (Å²) < 4.78 is 0. The van der Waals surface area contributed by atoms with Crippen LogP contribution in [0.2, 0.25) is 0 Å². The Morgan fingerprint density at radius 2 is 1.95 bits per heavy atom. The summed E-state index contributed by atoms with van der Waals surface area (Å²) in [6, 6.07) is 0.689. The largest absolute Gasteiger partial charge is 0.345 e. The number of thiazole rings is 1. The van der Waals surface area contributed by atoms with Crippen molar-refractivity contribution in [2.24, 2.45) is 5.73 Å². The highest BCUT2D eigenvalue weighted by molar-refractivity contribution is 7.15. The van der Waals surface area contributed by atoms with Gasteiger partial charge in [-0.25, -0.2) is 4.98 Å². The Hall–Kier alpha value is -0.610. The van der Waals surface area contributed by atoms with Crippen molar-refractivity contribution in [1.29, 1.82) is 0 Å². The summed E-state index contributed by atoms with van der Waals surface area (Å²) in [5.74, 6) is 0. The Kier molecular flexibility index (Phi) is 4.51. The van der Waals surface area contributed by atoms with Crippen LogP contribution in [0.15, 0.2) is 0 Å². The molecule has 0 atom stereocenters. The summed E-state index contributed by atoms with van der Waals surface area (Å²) in [4.78, 5) is 8.67. The van der Waals surface area contributed by atoms with E-state index >= 15 is 0 Å². The van der Waals surface area contributed by atoms with Crippen molar-refractivity contribution in [3.8, 4) is 0 Å². The maximum Gasteiger partial charge on any atom is 0.186 e. The Morgan fingerprint density at radius 3 is 2.37 bits per heavy atom. The number of nitrogens with zero attached hydrogens (tertiary/aromatic N) is 2. The van der Waals surface area contributed by atoms with E-state index in [0.717, 1.165) is 6.54 Å². The molecular weight excluding hydrogens is 254 g/mol. The molecule has 1 aromatic heterocycles. The molecule has 3 nitrogen and oxygen atoms in total. The van der Waals surface area contributed by atoms with E-state index < -0.39 is 0 Å². The van der Waals surface area contributed by atoms with Gasteiger partial charge in [-0.1, -0.05) is 33.6 Å². The van der Waals surface area contributed by atoms with Crippen molar-refractivity contribution in [1.82, 2.24) is 4.98 Å². The SMILES string of the molecule is CCN(c1nc(C(C)(C)C)c(CN)s1)C1CCCC1. The third-order valence-corrected chi connectivity index (χ3v) is 5.05. The molecule has 0 saturated heterocycles. The van der Waals surface area contributed by atoms with Gasteiger partial charge in [-0.2, -0.15) is 0 Å². The van der Waals surface area contributed by atoms with E-state index in [1.54, 1.807) is 11.3 Å². The number of rotatable bonds is 4. The first kappa shape index (κ1) is 14.8. The molecule has 1 saturated carbocycles. The van der Waals surface area contributed by atoms with Crippen LogP contribution in [0.25, 0.3) is 0 Å². The quantitative estimate of drug-likeness (QED) is 0.915. The lowest BCUT2D eigenvalue weighted by Crippen LogP contribution is -2.33. The lowest BCUT2D eigenvalue weighted by Gasteiger charge is -2.27. The van der Waals surface area contributed by atoms with Crippen LogP contribution in [0.1, 0.15) is 63.9 Å². The molecule has 1 aliphatic rings. The maximum atomic E-state index is 5.91. The molecule has 0 spiro atoms. The molecule has 0 amide bonds. The van der Waals surface area contributed by atoms with Crippen molar-refractivity contribution in [2.75, 3.05) is 11.4 Å². The Labute approximate surface area is 121 Å². The summed E-state index contributed by atoms with van der Waals surface area (Å²) in [6.45, 7) is 10.5. The van der Waals surface area contributed by atoms with Gasteiger partial charge < -0.3 is 10.6 Å². The number of aromatic nitrogens is 1. The zero-order valence-corrected chi connectivity index (χ0v) is 13.5. The molecule has 0 aromatic carbocycles. The molecule has 1 heterocycles. The summed E-state index contributed by atoms with van der Waals surface area (Å²) in [5, 5.41) is 1.18. The second-order valence-corrected chi connectivity index (χ2v) is 7.51. The van der Waals surface area contributed by atoms with E-state index in [1.165, 1.54) is 41.4 Å². The number of anilines is 1. The minimum atomic E-state index is 0.0819. The third kappa shape index (κ3) is 3.11. The van der Waals surface area contributed by atoms with Gasteiger partial charge in [0.1, 0.15) is 0 Å². The molecular formula is C15H27N3S. The summed E-state index contributed by atoms with van der Waals surface area (Å²) in [5.41, 5.74) is 7.18. The summed E-state index contributed by atoms with van der Waals surface area (Å²) in [7, 11) is 0. The summed E-state index contributed by atoms with van der Waals surface area (Å²) >= 11 is 1.80. The van der Waals surface area contributed by atoms with E-state index in [4.69, 9.17) is 10.7 Å². The highest BCUT2D eigenvalue weighted by Gasteiger charge is 2.28. The first-order chi connectivity index (χ1) is 8.97. The van der Waals surface area contributed by atoms with E-state index in [-0.39, 0.29) is 5.41 Å². The molecule has 1 fully saturated rings. The molecule has 0 unspecified atom stereocenters. The second-order valence-electron chi connectivity index (χ2n) is 6.45. The van der Waals surface area contributed by atoms with Crippen LogP contribution >= 0.6 is 11.3 Å². The molecule has 19 heavy (non-hydrogen) atoms. The maximum absolute atomic E-state index is 5.91. The summed E-state index contributed by atoms with van der Waals surface area (Å²) in [6.07, 6.45) is 5.36. The van der Waals surface area contributed by atoms with E-state index in [9.17, 15) is 0 Å². The average molecular weight is 281 g/mol. The molecule has 2 N–H and O–H groups in total. The topological polar surface area (TPSA) is 42.2 Å². The Morgan fingerprint density at radius 1 is 1.32 bits per heavy atom. The van der Waals surface area contributed by atoms with Crippen molar-refractivity contribution in [2.45, 2.75) is 71.4 Å². The average Bonchev–Trinajstić information content (AvgIpc) is 2.98. The van der Waals surface area contributed by atoms with E-state index in [2.05, 4.69) is 32.6 Å². The van der Waals surface area contributed by atoms with E-state index in [1.807, 2.05) is 0 Å². The first-order valence-electron chi connectivity index (χ1n) is 7.44. The standard InChI is InChI=1S/C15H27N3S/c1-5-18(11-8-6-7-9-11)14-17-13(15(2,3)4)12(10-16)19-14/h11H,5-10,16H2,1-4H3. The molecule has 0 aliphatic heterocycles. The highest BCUT2D eigenvalue weighted by atomic mass is 32.1. The van der Waals surface area contributed by atoms with Gasteiger partial charge in [-0.15, -0.1) is 11.3 Å². The van der Waals surface area contributed by atoms with Gasteiger partial charge in [0, 0.05) is 29.4 Å². The van der Waals surface area contributed by atoms with Crippen LogP contribution in [-0.4, -0.2) is 17.6 Å². The van der Waals surface area contributed by atoms with Crippen LogP contribution in [0.5, 0.6) is 0 Å². The fraction of sp³-hybridized carbons (Fsp3) is 0.800. The van der Waals surface area contributed by atoms with Gasteiger partial charge >= 0.3 is 0 Å². The van der Waals surface area contributed by atoms with Gasteiger partial charge in [0.15, 0.2) is 5.13 Å². The van der Waals surface area contributed by atoms with Crippen molar-refractivity contribution >= 4 is 16.5 Å². The Bertz CT molecular complexity index is 414. The predicted molar refractivity (Wildman–Crippen MR) is 84.0 cm³/mol. The monoisotopic (exact) mass is 281 g/mol. The molecule has 0 bridgehead atoms. The zero-order chi connectivity index (χ0) is 14.0. The van der Waals surface area contributed by atoms with Crippen LogP contribution in [-0.2, 0) is 12.0 Å². The Balaban J connectivity index is 2.30. The minimum Gasteiger partial charge on any atom is -0.345 e. The molecule has 108 valence electrons. The van der Waals surface area contributed by atoms with Gasteiger partial charge in [0.05, 0.1) is 5.69 Å². The van der Waals surface area contributed by atoms with Crippen LogP contribution in [0, 0.1) is 0 Å². The van der Waals surface area contributed by atoms with Crippen molar-refractivity contribution < 1.29 is 0 Å². The van der Waals surface area contributed by atoms with Gasteiger partial charge in [0.25, 0.3) is 0 Å². The molecule has 1 aliphatic carbocycles. The van der Waals surface area contributed by atoms with Gasteiger partial charge in [-0.3, -0.25) is 0 Å². The van der Waals surface area contributed by atoms with Crippen molar-refractivity contribution in [3.05, 3.63) is 10.6 Å². The van der Waals surface area contributed by atoms with E-state index in [0.29, 0.717) is 12.6 Å². The molecule has 4 heteroatoms. The number of hydrogen-bond acceptors (Lipinski definition) is 4. The minimum absolute atomic E-state index is 0.0819. The third-order valence-electron chi connectivity index (χ3n) is 3.93. The fourth-order valence-electron chi connectivity index (χ4n) is 2.95. The molecule has 2 rings (SSSR count). The molecule has 1 aromatic rings. The van der Waals surface area contributed by atoms with Crippen molar-refractivity contribution in [3.63, 3.8) is 0 Å². The van der Waals surface area contributed by atoms with Gasteiger partial charge in [-0.05, 0) is 19.8 Å². The second kappa shape index (κ2) is 5.80. The highest BCUT2D eigenvalue weighted by Crippen LogP contribution is 2.36. The smallest absolute Gasteiger partial charge is 0.186 e.